The topological polar surface area (TPSA) is 28.2 Å². The Morgan fingerprint density at radius 3 is 2.60 bits per heavy atom. The van der Waals surface area contributed by atoms with Crippen molar-refractivity contribution in [3.63, 3.8) is 0 Å². The van der Waals surface area contributed by atoms with Crippen molar-refractivity contribution in [3.05, 3.63) is 23.4 Å². The Morgan fingerprint density at radius 2 is 2.07 bits per heavy atom. The highest BCUT2D eigenvalue weighted by Crippen LogP contribution is 2.08. The van der Waals surface area contributed by atoms with Gasteiger partial charge in [-0.2, -0.15) is 0 Å². The first-order valence-corrected chi connectivity index (χ1v) is 5.71. The molecule has 3 nitrogen and oxygen atoms in total. The summed E-state index contributed by atoms with van der Waals surface area (Å²) in [5.74, 6) is 0.881. The van der Waals surface area contributed by atoms with Gasteiger partial charge < -0.3 is 10.2 Å². The molecule has 0 aromatic carbocycles. The van der Waals surface area contributed by atoms with E-state index in [1.807, 2.05) is 12.1 Å². The van der Waals surface area contributed by atoms with E-state index in [4.69, 9.17) is 11.6 Å². The van der Waals surface area contributed by atoms with Gasteiger partial charge in [0.1, 0.15) is 5.82 Å². The van der Waals surface area contributed by atoms with Gasteiger partial charge in [-0.3, -0.25) is 0 Å². The van der Waals surface area contributed by atoms with Gasteiger partial charge in [-0.05, 0) is 25.2 Å². The Balaban J connectivity index is 2.28. The molecule has 0 spiro atoms. The fourth-order valence-corrected chi connectivity index (χ4v) is 1.47. The van der Waals surface area contributed by atoms with Crippen LogP contribution in [-0.4, -0.2) is 36.1 Å². The maximum atomic E-state index is 5.74. The Labute approximate surface area is 96.5 Å². The van der Waals surface area contributed by atoms with Crippen LogP contribution in [0.25, 0.3) is 0 Å². The maximum absolute atomic E-state index is 5.74. The van der Waals surface area contributed by atoms with Crippen LogP contribution in [0.3, 0.4) is 0 Å². The van der Waals surface area contributed by atoms with Crippen molar-refractivity contribution in [2.24, 2.45) is 0 Å². The predicted octanol–water partition coefficient (Wildman–Crippen LogP) is 2.49. The highest BCUT2D eigenvalue weighted by molar-refractivity contribution is 6.30. The molecule has 0 aliphatic carbocycles. The molecule has 0 aliphatic heterocycles. The van der Waals surface area contributed by atoms with Crippen molar-refractivity contribution in [1.82, 2.24) is 9.88 Å². The summed E-state index contributed by atoms with van der Waals surface area (Å²) in [6.07, 6.45) is 1.65. The lowest BCUT2D eigenvalue weighted by Crippen LogP contribution is -2.28. The number of nitrogens with zero attached hydrogens (tertiary/aromatic N) is 2. The molecule has 0 saturated carbocycles. The van der Waals surface area contributed by atoms with Gasteiger partial charge >= 0.3 is 0 Å². The third kappa shape index (κ3) is 4.49. The Morgan fingerprint density at radius 1 is 1.33 bits per heavy atom. The van der Waals surface area contributed by atoms with Gasteiger partial charge in [0.05, 0.1) is 5.02 Å². The number of hydrogen-bond donors (Lipinski definition) is 1. The molecule has 0 bridgehead atoms. The first-order chi connectivity index (χ1) is 7.26. The van der Waals surface area contributed by atoms with Crippen LogP contribution in [0.1, 0.15) is 13.8 Å². The van der Waals surface area contributed by atoms with Crippen molar-refractivity contribution < 1.29 is 0 Å². The van der Waals surface area contributed by atoms with E-state index in [9.17, 15) is 0 Å². The SMILES string of the molecule is CCN(CC)CCNc1ccc(Cl)cn1. The Kier molecular flexibility index (Phi) is 5.43. The number of nitrogens with one attached hydrogen (secondary N) is 1. The summed E-state index contributed by atoms with van der Waals surface area (Å²) in [5.41, 5.74) is 0. The van der Waals surface area contributed by atoms with E-state index in [1.54, 1.807) is 6.20 Å². The summed E-state index contributed by atoms with van der Waals surface area (Å²) in [6, 6.07) is 3.73. The average molecular weight is 228 g/mol. The lowest BCUT2D eigenvalue weighted by molar-refractivity contribution is 0.316. The van der Waals surface area contributed by atoms with E-state index in [1.165, 1.54) is 0 Å². The molecule has 0 aliphatic rings. The minimum atomic E-state index is 0.671. The van der Waals surface area contributed by atoms with E-state index in [-0.39, 0.29) is 0 Å². The second-order valence-corrected chi connectivity index (χ2v) is 3.75. The third-order valence-electron chi connectivity index (χ3n) is 2.36. The molecule has 4 heteroatoms. The quantitative estimate of drug-likeness (QED) is 0.810. The van der Waals surface area contributed by atoms with Crippen LogP contribution in [0.5, 0.6) is 0 Å². The number of halogens is 1. The van der Waals surface area contributed by atoms with Crippen molar-refractivity contribution >= 4 is 17.4 Å². The predicted molar refractivity (Wildman–Crippen MR) is 65.5 cm³/mol. The monoisotopic (exact) mass is 227 g/mol. The average Bonchev–Trinajstić information content (AvgIpc) is 2.27. The normalized spacial score (nSPS) is 10.7. The summed E-state index contributed by atoms with van der Waals surface area (Å²) in [5, 5.41) is 3.93. The molecule has 1 aromatic rings. The largest absolute Gasteiger partial charge is 0.369 e. The number of pyridine rings is 1. The number of anilines is 1. The molecule has 0 saturated heterocycles. The van der Waals surface area contributed by atoms with E-state index >= 15 is 0 Å². The first-order valence-electron chi connectivity index (χ1n) is 5.34. The van der Waals surface area contributed by atoms with Crippen LogP contribution < -0.4 is 5.32 Å². The minimum absolute atomic E-state index is 0.671. The number of likely N-dealkylation sites (N-methyl/N-ethyl adjacent to an activating group) is 1. The molecule has 0 atom stereocenters. The van der Waals surface area contributed by atoms with Gasteiger partial charge in [0.15, 0.2) is 0 Å². The van der Waals surface area contributed by atoms with Crippen LogP contribution in [0.15, 0.2) is 18.3 Å². The zero-order valence-corrected chi connectivity index (χ0v) is 10.1. The van der Waals surface area contributed by atoms with Gasteiger partial charge in [0, 0.05) is 19.3 Å². The van der Waals surface area contributed by atoms with Crippen LogP contribution in [-0.2, 0) is 0 Å². The maximum Gasteiger partial charge on any atom is 0.126 e. The van der Waals surface area contributed by atoms with Crippen molar-refractivity contribution in [2.75, 3.05) is 31.5 Å². The Hall–Kier alpha value is -0.800. The van der Waals surface area contributed by atoms with Gasteiger partial charge in [-0.1, -0.05) is 25.4 Å². The fourth-order valence-electron chi connectivity index (χ4n) is 1.36. The van der Waals surface area contributed by atoms with Crippen molar-refractivity contribution in [2.45, 2.75) is 13.8 Å². The second kappa shape index (κ2) is 6.64. The summed E-state index contributed by atoms with van der Waals surface area (Å²) < 4.78 is 0. The number of rotatable bonds is 6. The standard InChI is InChI=1S/C11H18ClN3/c1-3-15(4-2)8-7-13-11-6-5-10(12)9-14-11/h5-6,9H,3-4,7-8H2,1-2H3,(H,13,14). The first kappa shape index (κ1) is 12.3. The molecule has 0 unspecified atom stereocenters. The summed E-state index contributed by atoms with van der Waals surface area (Å²) in [6.45, 7) is 8.47. The highest BCUT2D eigenvalue weighted by atomic mass is 35.5. The van der Waals surface area contributed by atoms with Crippen LogP contribution in [0.2, 0.25) is 5.02 Å². The molecule has 0 amide bonds. The molecule has 15 heavy (non-hydrogen) atoms. The van der Waals surface area contributed by atoms with Crippen LogP contribution in [0.4, 0.5) is 5.82 Å². The molecule has 1 rings (SSSR count). The van der Waals surface area contributed by atoms with Crippen molar-refractivity contribution in [1.29, 1.82) is 0 Å². The minimum Gasteiger partial charge on any atom is -0.369 e. The van der Waals surface area contributed by atoms with Crippen LogP contribution >= 0.6 is 11.6 Å². The molecular weight excluding hydrogens is 210 g/mol. The molecule has 84 valence electrons. The molecule has 0 radical (unpaired) electrons. The lowest BCUT2D eigenvalue weighted by atomic mass is 10.4. The van der Waals surface area contributed by atoms with E-state index in [0.29, 0.717) is 5.02 Å². The smallest absolute Gasteiger partial charge is 0.126 e. The molecular formula is C11H18ClN3. The summed E-state index contributed by atoms with van der Waals surface area (Å²) in [7, 11) is 0. The van der Waals surface area contributed by atoms with E-state index in [2.05, 4.69) is 29.0 Å². The molecule has 1 N–H and O–H groups in total. The number of hydrogen-bond acceptors (Lipinski definition) is 3. The third-order valence-corrected chi connectivity index (χ3v) is 2.58. The number of aromatic nitrogens is 1. The zero-order valence-electron chi connectivity index (χ0n) is 9.33. The zero-order chi connectivity index (χ0) is 11.1. The van der Waals surface area contributed by atoms with Gasteiger partial charge in [-0.25, -0.2) is 4.98 Å². The van der Waals surface area contributed by atoms with Gasteiger partial charge in [0.25, 0.3) is 0 Å². The van der Waals surface area contributed by atoms with Gasteiger partial charge in [-0.15, -0.1) is 0 Å². The highest BCUT2D eigenvalue weighted by Gasteiger charge is 1.98. The summed E-state index contributed by atoms with van der Waals surface area (Å²) >= 11 is 5.74. The molecule has 1 aromatic heterocycles. The molecule has 1 heterocycles. The fraction of sp³-hybridized carbons (Fsp3) is 0.545. The molecule has 0 fully saturated rings. The second-order valence-electron chi connectivity index (χ2n) is 3.32. The summed E-state index contributed by atoms with van der Waals surface area (Å²) in [4.78, 5) is 6.53. The van der Waals surface area contributed by atoms with Gasteiger partial charge in [0.2, 0.25) is 0 Å². The lowest BCUT2D eigenvalue weighted by Gasteiger charge is -2.18. The Bertz CT molecular complexity index is 270. The van der Waals surface area contributed by atoms with Crippen LogP contribution in [0, 0.1) is 0 Å². The van der Waals surface area contributed by atoms with E-state index in [0.717, 1.165) is 32.0 Å². The van der Waals surface area contributed by atoms with Crippen molar-refractivity contribution in [3.8, 4) is 0 Å². The van der Waals surface area contributed by atoms with E-state index < -0.39 is 0 Å².